The summed E-state index contributed by atoms with van der Waals surface area (Å²) in [5.74, 6) is -0.234. The van der Waals surface area contributed by atoms with Gasteiger partial charge in [-0.1, -0.05) is 0 Å². The highest BCUT2D eigenvalue weighted by atomic mass is 31.2. The SMILES string of the molecule is CC(C)(C)OC(=O)CN1CCN(CP(C)(C)=O)CCNCCN(CP(C)(C)=O)CC1. The lowest BCUT2D eigenvalue weighted by Gasteiger charge is -2.32. The standard InChI is InChI=1S/C20H44N4O4P2/c1-20(2,3)28-19(25)16-22-12-14-23(17-29(4,5)26)10-8-21-9-11-24(15-13-22)18-30(6,7)27/h21H,8-18H2,1-7H3. The molecule has 0 aliphatic carbocycles. The second-order valence-corrected chi connectivity index (χ2v) is 17.1. The van der Waals surface area contributed by atoms with Crippen molar-refractivity contribution < 1.29 is 18.7 Å². The van der Waals surface area contributed by atoms with Gasteiger partial charge < -0.3 is 19.2 Å². The maximum absolute atomic E-state index is 12.4. The Balaban J connectivity index is 2.87. The lowest BCUT2D eigenvalue weighted by molar-refractivity contribution is -0.156. The number of rotatable bonds is 6. The van der Waals surface area contributed by atoms with E-state index in [1.165, 1.54) is 0 Å². The molecule has 178 valence electrons. The number of carbonyl (C=O) groups is 1. The van der Waals surface area contributed by atoms with Crippen molar-refractivity contribution in [3.05, 3.63) is 0 Å². The molecule has 1 heterocycles. The highest BCUT2D eigenvalue weighted by Gasteiger charge is 2.22. The van der Waals surface area contributed by atoms with Gasteiger partial charge >= 0.3 is 5.97 Å². The smallest absolute Gasteiger partial charge is 0.320 e. The number of ether oxygens (including phenoxy) is 1. The summed E-state index contributed by atoms with van der Waals surface area (Å²) in [7, 11) is -4.34. The lowest BCUT2D eigenvalue weighted by atomic mass is 10.2. The van der Waals surface area contributed by atoms with Gasteiger partial charge in [0.05, 0.1) is 33.4 Å². The summed E-state index contributed by atoms with van der Waals surface area (Å²) in [4.78, 5) is 19.0. The maximum Gasteiger partial charge on any atom is 0.320 e. The van der Waals surface area contributed by atoms with Gasteiger partial charge in [-0.2, -0.15) is 0 Å². The van der Waals surface area contributed by atoms with Crippen molar-refractivity contribution in [2.24, 2.45) is 0 Å². The van der Waals surface area contributed by atoms with Gasteiger partial charge in [0.2, 0.25) is 0 Å². The summed E-state index contributed by atoms with van der Waals surface area (Å²) in [6.45, 7) is 19.3. The van der Waals surface area contributed by atoms with Gasteiger partial charge in [-0.15, -0.1) is 0 Å². The van der Waals surface area contributed by atoms with Crippen LogP contribution in [0.25, 0.3) is 0 Å². The van der Waals surface area contributed by atoms with E-state index in [1.807, 2.05) is 47.4 Å². The molecule has 1 aliphatic heterocycles. The van der Waals surface area contributed by atoms with Gasteiger partial charge in [0.25, 0.3) is 0 Å². The van der Waals surface area contributed by atoms with Crippen LogP contribution in [0.1, 0.15) is 20.8 Å². The van der Waals surface area contributed by atoms with E-state index in [1.54, 1.807) is 0 Å². The molecule has 0 bridgehead atoms. The first-order chi connectivity index (χ1) is 13.6. The number of hydrogen-bond acceptors (Lipinski definition) is 8. The molecule has 0 unspecified atom stereocenters. The van der Waals surface area contributed by atoms with Crippen molar-refractivity contribution in [3.8, 4) is 0 Å². The minimum Gasteiger partial charge on any atom is -0.459 e. The van der Waals surface area contributed by atoms with Crippen molar-refractivity contribution in [2.45, 2.75) is 26.4 Å². The van der Waals surface area contributed by atoms with Crippen LogP contribution in [0.3, 0.4) is 0 Å². The highest BCUT2D eigenvalue weighted by molar-refractivity contribution is 7.62. The van der Waals surface area contributed by atoms with Gasteiger partial charge in [0, 0.05) is 52.4 Å². The summed E-state index contributed by atoms with van der Waals surface area (Å²) in [5, 5.41) is 3.45. The number of esters is 1. The minimum atomic E-state index is -2.17. The normalized spacial score (nSPS) is 20.4. The predicted molar refractivity (Wildman–Crippen MR) is 127 cm³/mol. The summed E-state index contributed by atoms with van der Waals surface area (Å²) in [6.07, 6.45) is 1.16. The van der Waals surface area contributed by atoms with Gasteiger partial charge in [-0.05, 0) is 47.4 Å². The quantitative estimate of drug-likeness (QED) is 0.470. The van der Waals surface area contributed by atoms with E-state index < -0.39 is 19.9 Å². The van der Waals surface area contributed by atoms with Crippen molar-refractivity contribution in [1.82, 2.24) is 20.0 Å². The van der Waals surface area contributed by atoms with E-state index in [0.717, 1.165) is 39.3 Å². The number of nitrogens with one attached hydrogen (secondary N) is 1. The Morgan fingerprint density at radius 2 is 1.20 bits per heavy atom. The average molecular weight is 467 g/mol. The van der Waals surface area contributed by atoms with E-state index in [4.69, 9.17) is 4.74 Å². The van der Waals surface area contributed by atoms with Crippen LogP contribution in [0, 0.1) is 0 Å². The van der Waals surface area contributed by atoms with Gasteiger partial charge in [0.1, 0.15) is 5.60 Å². The zero-order valence-corrected chi connectivity index (χ0v) is 21.9. The molecular weight excluding hydrogens is 422 g/mol. The Hall–Kier alpha value is -0.230. The zero-order chi connectivity index (χ0) is 23.0. The fourth-order valence-corrected chi connectivity index (χ4v) is 5.95. The summed E-state index contributed by atoms with van der Waals surface area (Å²) in [5.41, 5.74) is -0.512. The van der Waals surface area contributed by atoms with Crippen molar-refractivity contribution in [2.75, 3.05) is 98.1 Å². The Morgan fingerprint density at radius 3 is 1.57 bits per heavy atom. The van der Waals surface area contributed by atoms with Crippen LogP contribution in [0.5, 0.6) is 0 Å². The van der Waals surface area contributed by atoms with E-state index >= 15 is 0 Å². The highest BCUT2D eigenvalue weighted by Crippen LogP contribution is 2.37. The lowest BCUT2D eigenvalue weighted by Crippen LogP contribution is -2.46. The summed E-state index contributed by atoms with van der Waals surface area (Å²) >= 11 is 0. The van der Waals surface area contributed by atoms with Gasteiger partial charge in [0.15, 0.2) is 0 Å². The average Bonchev–Trinajstić information content (AvgIpc) is 2.50. The summed E-state index contributed by atoms with van der Waals surface area (Å²) < 4.78 is 30.3. The third-order valence-electron chi connectivity index (χ3n) is 4.53. The van der Waals surface area contributed by atoms with Crippen LogP contribution in [0.4, 0.5) is 0 Å². The molecule has 1 aliphatic rings. The Bertz CT molecular complexity index is 589. The molecule has 0 aromatic rings. The minimum absolute atomic E-state index is 0.225. The van der Waals surface area contributed by atoms with Crippen LogP contribution >= 0.6 is 14.3 Å². The summed E-state index contributed by atoms with van der Waals surface area (Å²) in [6, 6.07) is 0. The van der Waals surface area contributed by atoms with Gasteiger partial charge in [-0.3, -0.25) is 19.5 Å². The molecule has 0 aromatic carbocycles. The second-order valence-electron chi connectivity index (χ2n) is 10.3. The van der Waals surface area contributed by atoms with Crippen LogP contribution in [0.15, 0.2) is 0 Å². The molecule has 0 saturated carbocycles. The molecular formula is C20H44N4O4P2. The van der Waals surface area contributed by atoms with Gasteiger partial charge in [-0.25, -0.2) is 0 Å². The molecule has 1 rings (SSSR count). The topological polar surface area (TPSA) is 82.2 Å². The number of hydrogen-bond donors (Lipinski definition) is 1. The Labute approximate surface area is 183 Å². The zero-order valence-electron chi connectivity index (χ0n) is 20.1. The molecule has 0 amide bonds. The van der Waals surface area contributed by atoms with Crippen molar-refractivity contribution in [1.29, 1.82) is 0 Å². The van der Waals surface area contributed by atoms with E-state index in [-0.39, 0.29) is 12.5 Å². The first-order valence-electron chi connectivity index (χ1n) is 10.8. The molecule has 1 fully saturated rings. The molecule has 10 heteroatoms. The Morgan fingerprint density at radius 1 is 0.800 bits per heavy atom. The molecule has 0 radical (unpaired) electrons. The van der Waals surface area contributed by atoms with Crippen LogP contribution < -0.4 is 5.32 Å². The fraction of sp³-hybridized carbons (Fsp3) is 0.950. The molecule has 0 atom stereocenters. The molecule has 1 N–H and O–H groups in total. The van der Waals surface area contributed by atoms with Crippen molar-refractivity contribution >= 4 is 20.3 Å². The third kappa shape index (κ3) is 14.7. The third-order valence-corrected chi connectivity index (χ3v) is 6.69. The van der Waals surface area contributed by atoms with Crippen LogP contribution in [0.2, 0.25) is 0 Å². The Kier molecular flexibility index (Phi) is 11.2. The number of nitrogens with zero attached hydrogens (tertiary/aromatic N) is 3. The van der Waals surface area contributed by atoms with Crippen LogP contribution in [-0.4, -0.2) is 124 Å². The molecule has 0 spiro atoms. The molecule has 30 heavy (non-hydrogen) atoms. The molecule has 1 saturated heterocycles. The van der Waals surface area contributed by atoms with Crippen LogP contribution in [-0.2, 0) is 18.7 Å². The maximum atomic E-state index is 12.4. The fourth-order valence-electron chi connectivity index (χ4n) is 3.46. The molecule has 8 nitrogen and oxygen atoms in total. The first kappa shape index (κ1) is 27.8. The largest absolute Gasteiger partial charge is 0.459 e. The number of carbonyl (C=O) groups excluding carboxylic acids is 1. The monoisotopic (exact) mass is 466 g/mol. The van der Waals surface area contributed by atoms with E-state index in [9.17, 15) is 13.9 Å². The predicted octanol–water partition coefficient (Wildman–Crippen LogP) is 2.00. The molecule has 0 aromatic heterocycles. The van der Waals surface area contributed by atoms with E-state index in [2.05, 4.69) is 20.0 Å². The van der Waals surface area contributed by atoms with E-state index in [0.29, 0.717) is 25.7 Å². The second kappa shape index (κ2) is 12.1. The van der Waals surface area contributed by atoms with Crippen molar-refractivity contribution in [3.63, 3.8) is 0 Å². The first-order valence-corrected chi connectivity index (χ1v) is 16.4.